The molecular weight excluding hydrogens is 198 g/mol. The first kappa shape index (κ1) is 9.01. The summed E-state index contributed by atoms with van der Waals surface area (Å²) in [6, 6.07) is 3.67. The van der Waals surface area contributed by atoms with Gasteiger partial charge >= 0.3 is 0 Å². The van der Waals surface area contributed by atoms with E-state index in [-0.39, 0.29) is 0 Å². The summed E-state index contributed by atoms with van der Waals surface area (Å²) in [6.07, 6.45) is 3.14. The number of hydrogen-bond acceptors (Lipinski definition) is 5. The molecule has 72 valence electrons. The molecule has 5 nitrogen and oxygen atoms in total. The van der Waals surface area contributed by atoms with E-state index in [1.165, 1.54) is 18.1 Å². The lowest BCUT2D eigenvalue weighted by Gasteiger charge is -1.99. The van der Waals surface area contributed by atoms with Crippen molar-refractivity contribution in [3.05, 3.63) is 24.7 Å². The molecule has 0 saturated heterocycles. The molecule has 0 radical (unpaired) electrons. The number of nitrogens with two attached hydrogens (primary N) is 1. The van der Waals surface area contributed by atoms with Crippen LogP contribution in [0.5, 0.6) is 0 Å². The van der Waals surface area contributed by atoms with Crippen LogP contribution in [0.3, 0.4) is 0 Å². The van der Waals surface area contributed by atoms with Crippen LogP contribution in [0, 0.1) is 0 Å². The molecule has 2 aromatic heterocycles. The first-order chi connectivity index (χ1) is 6.75. The number of aryl methyl sites for hydroxylation is 1. The summed E-state index contributed by atoms with van der Waals surface area (Å²) in [5.74, 6) is 0. The number of nitrogen functional groups attached to an aromatic ring is 1. The van der Waals surface area contributed by atoms with E-state index in [1.54, 1.807) is 10.9 Å². The molecule has 0 bridgehead atoms. The van der Waals surface area contributed by atoms with E-state index < -0.39 is 0 Å². The van der Waals surface area contributed by atoms with Crippen molar-refractivity contribution >= 4 is 17.4 Å². The van der Waals surface area contributed by atoms with E-state index in [2.05, 4.69) is 15.1 Å². The fraction of sp³-hybridized carbons (Fsp3) is 0.125. The standard InChI is InChI=1S/C8H9N5S/c1-13-8(11-5-12-13)14-7-3-2-6(9)4-10-7/h2-5H,9H2,1H3. The lowest BCUT2D eigenvalue weighted by atomic mass is 10.4. The fourth-order valence-electron chi connectivity index (χ4n) is 0.924. The van der Waals surface area contributed by atoms with Gasteiger partial charge in [-0.15, -0.1) is 0 Å². The minimum atomic E-state index is 0.660. The highest BCUT2D eigenvalue weighted by Gasteiger charge is 2.03. The van der Waals surface area contributed by atoms with Crippen LogP contribution < -0.4 is 5.73 Å². The number of pyridine rings is 1. The second-order valence-corrected chi connectivity index (χ2v) is 3.69. The Hall–Kier alpha value is -1.56. The van der Waals surface area contributed by atoms with Gasteiger partial charge in [0.2, 0.25) is 0 Å². The van der Waals surface area contributed by atoms with E-state index in [1.807, 2.05) is 19.2 Å². The van der Waals surface area contributed by atoms with Crippen LogP contribution in [0.25, 0.3) is 0 Å². The van der Waals surface area contributed by atoms with Gasteiger partial charge in [-0.25, -0.2) is 14.6 Å². The van der Waals surface area contributed by atoms with E-state index in [9.17, 15) is 0 Å². The molecule has 0 aliphatic heterocycles. The van der Waals surface area contributed by atoms with Gasteiger partial charge in [0.25, 0.3) is 0 Å². The van der Waals surface area contributed by atoms with Crippen LogP contribution in [0.15, 0.2) is 34.8 Å². The summed E-state index contributed by atoms with van der Waals surface area (Å²) in [6.45, 7) is 0. The molecule has 2 aromatic rings. The third kappa shape index (κ3) is 1.85. The van der Waals surface area contributed by atoms with Crippen molar-refractivity contribution in [2.75, 3.05) is 5.73 Å². The Kier molecular flexibility index (Phi) is 2.36. The van der Waals surface area contributed by atoms with Gasteiger partial charge in [-0.3, -0.25) is 0 Å². The second kappa shape index (κ2) is 3.67. The highest BCUT2D eigenvalue weighted by atomic mass is 32.2. The number of nitrogens with zero attached hydrogens (tertiary/aromatic N) is 4. The zero-order valence-electron chi connectivity index (χ0n) is 7.58. The van der Waals surface area contributed by atoms with Crippen molar-refractivity contribution in [2.24, 2.45) is 7.05 Å². The summed E-state index contributed by atoms with van der Waals surface area (Å²) >= 11 is 1.45. The molecule has 0 saturated carbocycles. The molecule has 0 aromatic carbocycles. The van der Waals surface area contributed by atoms with E-state index in [0.29, 0.717) is 5.69 Å². The largest absolute Gasteiger partial charge is 0.397 e. The van der Waals surface area contributed by atoms with Crippen LogP contribution in [-0.2, 0) is 7.05 Å². The predicted molar refractivity (Wildman–Crippen MR) is 53.8 cm³/mol. The SMILES string of the molecule is Cn1ncnc1Sc1ccc(N)cn1. The van der Waals surface area contributed by atoms with Gasteiger partial charge in [0.05, 0.1) is 11.9 Å². The van der Waals surface area contributed by atoms with E-state index >= 15 is 0 Å². The van der Waals surface area contributed by atoms with Crippen LogP contribution in [0.4, 0.5) is 5.69 Å². The van der Waals surface area contributed by atoms with Gasteiger partial charge in [0.15, 0.2) is 5.16 Å². The molecule has 0 unspecified atom stereocenters. The van der Waals surface area contributed by atoms with Crippen molar-refractivity contribution in [1.82, 2.24) is 19.7 Å². The number of aromatic nitrogens is 4. The van der Waals surface area contributed by atoms with Crippen LogP contribution >= 0.6 is 11.8 Å². The molecule has 0 fully saturated rings. The molecule has 0 aliphatic rings. The van der Waals surface area contributed by atoms with Crippen molar-refractivity contribution < 1.29 is 0 Å². The van der Waals surface area contributed by atoms with Gasteiger partial charge in [-0.1, -0.05) is 0 Å². The van der Waals surface area contributed by atoms with Gasteiger partial charge < -0.3 is 5.73 Å². The fourth-order valence-corrected chi connectivity index (χ4v) is 1.63. The van der Waals surface area contributed by atoms with Gasteiger partial charge in [-0.2, -0.15) is 5.10 Å². The van der Waals surface area contributed by atoms with Crippen LogP contribution in [0.1, 0.15) is 0 Å². The van der Waals surface area contributed by atoms with E-state index in [0.717, 1.165) is 10.2 Å². The molecule has 6 heteroatoms. The quantitative estimate of drug-likeness (QED) is 0.793. The maximum Gasteiger partial charge on any atom is 0.192 e. The highest BCUT2D eigenvalue weighted by molar-refractivity contribution is 7.99. The third-order valence-corrected chi connectivity index (χ3v) is 2.63. The average Bonchev–Trinajstić information content (AvgIpc) is 2.56. The summed E-state index contributed by atoms with van der Waals surface area (Å²) in [4.78, 5) is 8.23. The van der Waals surface area contributed by atoms with Crippen molar-refractivity contribution in [2.45, 2.75) is 10.2 Å². The smallest absolute Gasteiger partial charge is 0.192 e. The van der Waals surface area contributed by atoms with Gasteiger partial charge in [0.1, 0.15) is 11.4 Å². The monoisotopic (exact) mass is 207 g/mol. The molecule has 0 spiro atoms. The van der Waals surface area contributed by atoms with E-state index in [4.69, 9.17) is 5.73 Å². The lowest BCUT2D eigenvalue weighted by Crippen LogP contribution is -1.93. The summed E-state index contributed by atoms with van der Waals surface area (Å²) in [5, 5.41) is 5.63. The zero-order valence-corrected chi connectivity index (χ0v) is 8.40. The molecule has 2 heterocycles. The Morgan fingerprint density at radius 2 is 2.21 bits per heavy atom. The minimum Gasteiger partial charge on any atom is -0.397 e. The molecule has 0 amide bonds. The summed E-state index contributed by atoms with van der Waals surface area (Å²) in [5.41, 5.74) is 6.18. The first-order valence-corrected chi connectivity index (χ1v) is 4.81. The Bertz CT molecular complexity index is 422. The van der Waals surface area contributed by atoms with Gasteiger partial charge in [0, 0.05) is 7.05 Å². The Morgan fingerprint density at radius 3 is 2.79 bits per heavy atom. The Labute approximate surface area is 85.4 Å². The maximum absolute atomic E-state index is 5.53. The van der Waals surface area contributed by atoms with Crippen LogP contribution in [-0.4, -0.2) is 19.7 Å². The zero-order chi connectivity index (χ0) is 9.97. The molecule has 2 rings (SSSR count). The van der Waals surface area contributed by atoms with Crippen LogP contribution in [0.2, 0.25) is 0 Å². The number of rotatable bonds is 2. The van der Waals surface area contributed by atoms with Crippen molar-refractivity contribution in [3.63, 3.8) is 0 Å². The van der Waals surface area contributed by atoms with Crippen molar-refractivity contribution in [3.8, 4) is 0 Å². The minimum absolute atomic E-state index is 0.660. The molecule has 14 heavy (non-hydrogen) atoms. The third-order valence-electron chi connectivity index (χ3n) is 1.62. The lowest BCUT2D eigenvalue weighted by molar-refractivity contribution is 0.684. The average molecular weight is 207 g/mol. The molecule has 0 atom stereocenters. The number of anilines is 1. The number of hydrogen-bond donors (Lipinski definition) is 1. The topological polar surface area (TPSA) is 69.6 Å². The predicted octanol–water partition coefficient (Wildman–Crippen LogP) is 0.944. The first-order valence-electron chi connectivity index (χ1n) is 3.99. The highest BCUT2D eigenvalue weighted by Crippen LogP contribution is 2.22. The summed E-state index contributed by atoms with van der Waals surface area (Å²) in [7, 11) is 1.84. The second-order valence-electron chi connectivity index (χ2n) is 2.70. The molecular formula is C8H9N5S. The molecule has 2 N–H and O–H groups in total. The normalized spacial score (nSPS) is 10.4. The molecule has 0 aliphatic carbocycles. The van der Waals surface area contributed by atoms with Crippen molar-refractivity contribution in [1.29, 1.82) is 0 Å². The maximum atomic E-state index is 5.53. The Morgan fingerprint density at radius 1 is 1.36 bits per heavy atom. The Balaban J connectivity index is 2.19. The summed E-state index contributed by atoms with van der Waals surface area (Å²) < 4.78 is 1.70. The van der Waals surface area contributed by atoms with Gasteiger partial charge in [-0.05, 0) is 23.9 Å².